The van der Waals surface area contributed by atoms with Crippen molar-refractivity contribution in [3.05, 3.63) is 56.2 Å². The first-order valence-corrected chi connectivity index (χ1v) is 9.43. The van der Waals surface area contributed by atoms with Crippen molar-refractivity contribution in [2.45, 2.75) is 4.58 Å². The SMILES string of the molecule is O=C(Oc1ccc(Br)cc1C1SCCS1)c1ccc([N+](=O)[O-])o1. The molecule has 0 aliphatic carbocycles. The molecule has 6 nitrogen and oxygen atoms in total. The third-order valence-corrected chi connectivity index (χ3v) is 6.58. The molecular weight excluding hydrogens is 406 g/mol. The summed E-state index contributed by atoms with van der Waals surface area (Å²) in [5.74, 6) is 1.07. The molecule has 3 rings (SSSR count). The van der Waals surface area contributed by atoms with Crippen molar-refractivity contribution in [2.75, 3.05) is 11.5 Å². The van der Waals surface area contributed by atoms with Gasteiger partial charge in [0.2, 0.25) is 5.76 Å². The van der Waals surface area contributed by atoms with Gasteiger partial charge >= 0.3 is 11.9 Å². The van der Waals surface area contributed by atoms with Gasteiger partial charge in [0.1, 0.15) is 10.7 Å². The highest BCUT2D eigenvalue weighted by Gasteiger charge is 2.25. The Bertz CT molecular complexity index is 757. The van der Waals surface area contributed by atoms with Crippen LogP contribution in [0.15, 0.2) is 39.2 Å². The summed E-state index contributed by atoms with van der Waals surface area (Å²) >= 11 is 7.00. The fourth-order valence-corrected chi connectivity index (χ4v) is 5.29. The Hall–Kier alpha value is -1.45. The average Bonchev–Trinajstić information content (AvgIpc) is 3.20. The summed E-state index contributed by atoms with van der Waals surface area (Å²) in [7, 11) is 0. The molecule has 0 amide bonds. The molecule has 1 saturated heterocycles. The van der Waals surface area contributed by atoms with E-state index in [0.717, 1.165) is 27.6 Å². The van der Waals surface area contributed by atoms with Crippen molar-refractivity contribution in [2.24, 2.45) is 0 Å². The summed E-state index contributed by atoms with van der Waals surface area (Å²) in [4.78, 5) is 22.0. The number of esters is 1. The molecule has 0 N–H and O–H groups in total. The Kier molecular flexibility index (Phi) is 4.98. The number of carbonyl (C=O) groups excluding carboxylic acids is 1. The lowest BCUT2D eigenvalue weighted by Gasteiger charge is -2.14. The molecule has 1 aliphatic heterocycles. The van der Waals surface area contributed by atoms with Crippen molar-refractivity contribution in [3.63, 3.8) is 0 Å². The lowest BCUT2D eigenvalue weighted by Crippen LogP contribution is -2.09. The van der Waals surface area contributed by atoms with Crippen molar-refractivity contribution in [1.29, 1.82) is 0 Å². The lowest BCUT2D eigenvalue weighted by atomic mass is 10.2. The summed E-state index contributed by atoms with van der Waals surface area (Å²) in [6, 6.07) is 7.76. The Balaban J connectivity index is 1.83. The molecule has 2 heterocycles. The average molecular weight is 416 g/mol. The van der Waals surface area contributed by atoms with Crippen LogP contribution in [-0.4, -0.2) is 22.4 Å². The van der Waals surface area contributed by atoms with Gasteiger partial charge in [-0.05, 0) is 24.3 Å². The second-order valence-electron chi connectivity index (χ2n) is 4.54. The van der Waals surface area contributed by atoms with E-state index in [4.69, 9.17) is 9.15 Å². The topological polar surface area (TPSA) is 82.6 Å². The largest absolute Gasteiger partial charge is 0.433 e. The van der Waals surface area contributed by atoms with E-state index in [0.29, 0.717) is 5.75 Å². The quantitative estimate of drug-likeness (QED) is 0.311. The van der Waals surface area contributed by atoms with E-state index < -0.39 is 16.8 Å². The zero-order valence-corrected chi connectivity index (χ0v) is 14.8. The first kappa shape index (κ1) is 16.4. The Morgan fingerprint density at radius 3 is 2.70 bits per heavy atom. The van der Waals surface area contributed by atoms with Crippen LogP contribution < -0.4 is 4.74 Å². The van der Waals surface area contributed by atoms with Gasteiger partial charge in [-0.3, -0.25) is 10.1 Å². The lowest BCUT2D eigenvalue weighted by molar-refractivity contribution is -0.402. The van der Waals surface area contributed by atoms with E-state index in [2.05, 4.69) is 15.9 Å². The number of thioether (sulfide) groups is 2. The number of nitro groups is 1. The zero-order valence-electron chi connectivity index (χ0n) is 11.6. The third kappa shape index (κ3) is 3.73. The third-order valence-electron chi connectivity index (χ3n) is 3.02. The maximum Gasteiger partial charge on any atom is 0.433 e. The minimum absolute atomic E-state index is 0.196. The predicted octanol–water partition coefficient (Wildman–Crippen LogP) is 4.65. The highest BCUT2D eigenvalue weighted by molar-refractivity contribution is 9.10. The van der Waals surface area contributed by atoms with Gasteiger partial charge in [0.05, 0.1) is 10.6 Å². The Labute approximate surface area is 148 Å². The van der Waals surface area contributed by atoms with Crippen LogP contribution in [0, 0.1) is 10.1 Å². The first-order chi connectivity index (χ1) is 11.0. The number of nitrogens with zero attached hydrogens (tertiary/aromatic N) is 1. The predicted molar refractivity (Wildman–Crippen MR) is 92.1 cm³/mol. The maximum atomic E-state index is 12.1. The van der Waals surface area contributed by atoms with Crippen LogP contribution in [-0.2, 0) is 0 Å². The van der Waals surface area contributed by atoms with Crippen molar-refractivity contribution in [3.8, 4) is 5.75 Å². The van der Waals surface area contributed by atoms with Gasteiger partial charge in [-0.2, -0.15) is 0 Å². The van der Waals surface area contributed by atoms with E-state index in [1.54, 1.807) is 35.7 Å². The van der Waals surface area contributed by atoms with Crippen LogP contribution in [0.1, 0.15) is 20.7 Å². The molecule has 0 bridgehead atoms. The summed E-state index contributed by atoms with van der Waals surface area (Å²) in [5, 5.41) is 10.6. The summed E-state index contributed by atoms with van der Waals surface area (Å²) < 4.78 is 11.4. The highest BCUT2D eigenvalue weighted by atomic mass is 79.9. The van der Waals surface area contributed by atoms with Crippen LogP contribution in [0.2, 0.25) is 0 Å². The number of benzene rings is 1. The molecular formula is C14H10BrNO5S2. The van der Waals surface area contributed by atoms with E-state index >= 15 is 0 Å². The molecule has 0 saturated carbocycles. The van der Waals surface area contributed by atoms with Gasteiger partial charge in [0, 0.05) is 21.5 Å². The van der Waals surface area contributed by atoms with Crippen LogP contribution in [0.4, 0.5) is 5.88 Å². The number of halogens is 1. The zero-order chi connectivity index (χ0) is 16.4. The monoisotopic (exact) mass is 415 g/mol. The minimum atomic E-state index is -0.755. The van der Waals surface area contributed by atoms with E-state index in [1.165, 1.54) is 6.07 Å². The smallest absolute Gasteiger partial charge is 0.420 e. The van der Waals surface area contributed by atoms with Crippen LogP contribution >= 0.6 is 39.5 Å². The number of furan rings is 1. The first-order valence-electron chi connectivity index (χ1n) is 6.53. The van der Waals surface area contributed by atoms with E-state index in [-0.39, 0.29) is 10.3 Å². The summed E-state index contributed by atoms with van der Waals surface area (Å²) in [6.45, 7) is 0. The molecule has 0 atom stereocenters. The van der Waals surface area contributed by atoms with Gasteiger partial charge < -0.3 is 9.15 Å². The summed E-state index contributed by atoms with van der Waals surface area (Å²) in [6.07, 6.45) is 0. The van der Waals surface area contributed by atoms with Crippen molar-refractivity contribution in [1.82, 2.24) is 0 Å². The second kappa shape index (κ2) is 6.98. The molecule has 9 heteroatoms. The molecule has 120 valence electrons. The van der Waals surface area contributed by atoms with Gasteiger partial charge in [0.15, 0.2) is 0 Å². The van der Waals surface area contributed by atoms with E-state index in [1.807, 2.05) is 6.07 Å². The van der Waals surface area contributed by atoms with Crippen molar-refractivity contribution >= 4 is 51.3 Å². The molecule has 1 aliphatic rings. The Morgan fingerprint density at radius 2 is 2.04 bits per heavy atom. The molecule has 1 aromatic carbocycles. The summed E-state index contributed by atoms with van der Waals surface area (Å²) in [5.41, 5.74) is 0.904. The number of hydrogen-bond acceptors (Lipinski definition) is 7. The van der Waals surface area contributed by atoms with Crippen LogP contribution in [0.25, 0.3) is 0 Å². The molecule has 0 radical (unpaired) electrons. The standard InChI is InChI=1S/C14H10BrNO5S2/c15-8-1-2-10(9(7-8)14-22-5-6-23-14)21-13(17)11-3-4-12(20-11)16(18)19/h1-4,7,14H,5-6H2. The molecule has 0 spiro atoms. The normalized spacial score (nSPS) is 14.8. The van der Waals surface area contributed by atoms with Gasteiger partial charge in [-0.25, -0.2) is 4.79 Å². The number of hydrogen-bond donors (Lipinski definition) is 0. The van der Waals surface area contributed by atoms with Gasteiger partial charge in [-0.15, -0.1) is 23.5 Å². The number of ether oxygens (including phenoxy) is 1. The molecule has 23 heavy (non-hydrogen) atoms. The Morgan fingerprint density at radius 1 is 1.30 bits per heavy atom. The molecule has 1 aromatic heterocycles. The number of rotatable bonds is 4. The van der Waals surface area contributed by atoms with Gasteiger partial charge in [0.25, 0.3) is 0 Å². The molecule has 0 unspecified atom stereocenters. The fourth-order valence-electron chi connectivity index (χ4n) is 2.02. The minimum Gasteiger partial charge on any atom is -0.420 e. The van der Waals surface area contributed by atoms with Crippen LogP contribution in [0.3, 0.4) is 0 Å². The van der Waals surface area contributed by atoms with Crippen molar-refractivity contribution < 1.29 is 18.9 Å². The van der Waals surface area contributed by atoms with Crippen LogP contribution in [0.5, 0.6) is 5.75 Å². The highest BCUT2D eigenvalue weighted by Crippen LogP contribution is 2.48. The molecule has 2 aromatic rings. The second-order valence-corrected chi connectivity index (χ2v) is 8.18. The van der Waals surface area contributed by atoms with E-state index in [9.17, 15) is 14.9 Å². The molecule has 1 fully saturated rings. The maximum absolute atomic E-state index is 12.1. The fraction of sp³-hybridized carbons (Fsp3) is 0.214. The van der Waals surface area contributed by atoms with Gasteiger partial charge in [-0.1, -0.05) is 15.9 Å². The number of carbonyl (C=O) groups is 1.